The number of nitrogens with zero attached hydrogens (tertiary/aromatic N) is 5. The molecule has 0 spiro atoms. The second-order valence-corrected chi connectivity index (χ2v) is 11.1. The Balaban J connectivity index is 1.45. The maximum absolute atomic E-state index is 10.4. The van der Waals surface area contributed by atoms with Gasteiger partial charge in [0, 0.05) is 24.5 Å². The minimum atomic E-state index is -0.603. The second-order valence-electron chi connectivity index (χ2n) is 11.1. The van der Waals surface area contributed by atoms with E-state index in [0.29, 0.717) is 18.6 Å². The van der Waals surface area contributed by atoms with Gasteiger partial charge in [-0.1, -0.05) is 6.07 Å². The molecule has 188 valence electrons. The molecule has 7 nitrogen and oxygen atoms in total. The lowest BCUT2D eigenvalue weighted by molar-refractivity contribution is -0.0179. The first-order chi connectivity index (χ1) is 16.6. The minimum Gasteiger partial charge on any atom is -0.491 e. The van der Waals surface area contributed by atoms with Gasteiger partial charge < -0.3 is 19.0 Å². The summed E-state index contributed by atoms with van der Waals surface area (Å²) in [6.45, 7) is 15.9. The van der Waals surface area contributed by atoms with Crippen LogP contribution in [0.5, 0.6) is 5.75 Å². The summed E-state index contributed by atoms with van der Waals surface area (Å²) in [4.78, 5) is 12.4. The van der Waals surface area contributed by atoms with E-state index < -0.39 is 5.60 Å². The van der Waals surface area contributed by atoms with Gasteiger partial charge in [-0.3, -0.25) is 4.90 Å². The van der Waals surface area contributed by atoms with E-state index in [1.807, 2.05) is 20.8 Å². The highest BCUT2D eigenvalue weighted by Gasteiger charge is 2.32. The fourth-order valence-electron chi connectivity index (χ4n) is 5.57. The van der Waals surface area contributed by atoms with Crippen LogP contribution in [0.4, 0.5) is 0 Å². The van der Waals surface area contributed by atoms with Gasteiger partial charge in [-0.25, -0.2) is 9.97 Å². The fourth-order valence-corrected chi connectivity index (χ4v) is 5.57. The third-order valence-electron chi connectivity index (χ3n) is 7.81. The zero-order chi connectivity index (χ0) is 24.9. The molecule has 7 heteroatoms. The number of ether oxygens (including phenoxy) is 1. The minimum absolute atomic E-state index is 0.289. The lowest BCUT2D eigenvalue weighted by Gasteiger charge is -2.40. The Hall–Kier alpha value is -2.64. The van der Waals surface area contributed by atoms with Crippen LogP contribution in [0.25, 0.3) is 22.9 Å². The van der Waals surface area contributed by atoms with Crippen molar-refractivity contribution in [2.45, 2.75) is 78.6 Å². The standard InChI is InChI=1S/C28H39N5O2/c1-18(2)33-16-19(3)29-27(33)24-17-32-13-14-35-25-8-7-21(15-23(25)26(32)30-24)20(4)31-11-9-22(10-12-31)28(5,6)34/h7-8,15-18,20,22,34H,9-14H2,1-6H3. The number of aryl methyl sites for hydroxylation is 1. The first kappa shape index (κ1) is 24.1. The van der Waals surface area contributed by atoms with Crippen LogP contribution in [-0.2, 0) is 6.54 Å². The van der Waals surface area contributed by atoms with Crippen molar-refractivity contribution in [1.29, 1.82) is 0 Å². The van der Waals surface area contributed by atoms with Crippen molar-refractivity contribution >= 4 is 0 Å². The molecular weight excluding hydrogens is 438 g/mol. The van der Waals surface area contributed by atoms with Crippen LogP contribution in [0, 0.1) is 12.8 Å². The van der Waals surface area contributed by atoms with Crippen LogP contribution in [0.3, 0.4) is 0 Å². The fraction of sp³-hybridized carbons (Fsp3) is 0.571. The van der Waals surface area contributed by atoms with Crippen LogP contribution in [0.1, 0.15) is 70.8 Å². The van der Waals surface area contributed by atoms with Crippen molar-refractivity contribution in [3.63, 3.8) is 0 Å². The SMILES string of the molecule is Cc1cn(C(C)C)c(-c2cn3c(n2)-c2cc(C(C)N4CCC(C(C)(C)O)CC4)ccc2OCC3)n1. The second kappa shape index (κ2) is 9.10. The van der Waals surface area contributed by atoms with Gasteiger partial charge in [0.05, 0.1) is 23.4 Å². The Kier molecular flexibility index (Phi) is 6.26. The summed E-state index contributed by atoms with van der Waals surface area (Å²) in [5.74, 6) is 3.11. The first-order valence-corrected chi connectivity index (χ1v) is 13.0. The predicted molar refractivity (Wildman–Crippen MR) is 139 cm³/mol. The molecule has 0 saturated carbocycles. The molecule has 5 rings (SSSR count). The normalized spacial score (nSPS) is 18.2. The van der Waals surface area contributed by atoms with Crippen LogP contribution in [-0.4, -0.2) is 54.4 Å². The highest BCUT2D eigenvalue weighted by molar-refractivity contribution is 5.69. The molecule has 3 aromatic rings. The summed E-state index contributed by atoms with van der Waals surface area (Å²) in [6.07, 6.45) is 6.27. The van der Waals surface area contributed by atoms with Crippen LogP contribution < -0.4 is 4.74 Å². The van der Waals surface area contributed by atoms with E-state index in [1.165, 1.54) is 5.56 Å². The quantitative estimate of drug-likeness (QED) is 0.544. The van der Waals surface area contributed by atoms with E-state index in [4.69, 9.17) is 14.7 Å². The molecule has 0 bridgehead atoms. The number of aromatic nitrogens is 4. The third kappa shape index (κ3) is 4.64. The highest BCUT2D eigenvalue weighted by atomic mass is 16.5. The lowest BCUT2D eigenvalue weighted by Crippen LogP contribution is -2.42. The van der Waals surface area contributed by atoms with E-state index in [0.717, 1.165) is 66.8 Å². The Morgan fingerprint density at radius 2 is 1.77 bits per heavy atom. The summed E-state index contributed by atoms with van der Waals surface area (Å²) in [7, 11) is 0. The predicted octanol–water partition coefficient (Wildman–Crippen LogP) is 5.24. The van der Waals surface area contributed by atoms with Crippen molar-refractivity contribution in [3.05, 3.63) is 41.9 Å². The maximum Gasteiger partial charge on any atom is 0.160 e. The first-order valence-electron chi connectivity index (χ1n) is 13.0. The Morgan fingerprint density at radius 3 is 2.46 bits per heavy atom. The number of fused-ring (bicyclic) bond motifs is 3. The Bertz CT molecular complexity index is 1190. The molecule has 1 saturated heterocycles. The Morgan fingerprint density at radius 1 is 1.03 bits per heavy atom. The number of aliphatic hydroxyl groups is 1. The zero-order valence-electron chi connectivity index (χ0n) is 22.0. The highest BCUT2D eigenvalue weighted by Crippen LogP contribution is 2.38. The summed E-state index contributed by atoms with van der Waals surface area (Å²) in [6, 6.07) is 7.16. The van der Waals surface area contributed by atoms with E-state index in [1.54, 1.807) is 0 Å². The third-order valence-corrected chi connectivity index (χ3v) is 7.81. The van der Waals surface area contributed by atoms with Gasteiger partial charge in [0.2, 0.25) is 0 Å². The molecule has 0 amide bonds. The molecule has 0 radical (unpaired) electrons. The van der Waals surface area contributed by atoms with Crippen LogP contribution in [0.15, 0.2) is 30.6 Å². The monoisotopic (exact) mass is 477 g/mol. The lowest BCUT2D eigenvalue weighted by atomic mass is 9.82. The summed E-state index contributed by atoms with van der Waals surface area (Å²) < 4.78 is 10.5. The molecule has 2 aliphatic heterocycles. The smallest absolute Gasteiger partial charge is 0.160 e. The van der Waals surface area contributed by atoms with Crippen molar-refractivity contribution in [2.24, 2.45) is 5.92 Å². The molecule has 2 aliphatic rings. The topological polar surface area (TPSA) is 68.3 Å². The maximum atomic E-state index is 10.4. The van der Waals surface area contributed by atoms with E-state index in [-0.39, 0.29) is 6.04 Å². The van der Waals surface area contributed by atoms with Gasteiger partial charge >= 0.3 is 0 Å². The van der Waals surface area contributed by atoms with Crippen molar-refractivity contribution in [2.75, 3.05) is 19.7 Å². The molecule has 1 aromatic carbocycles. The molecule has 1 N–H and O–H groups in total. The van der Waals surface area contributed by atoms with Gasteiger partial charge in [-0.2, -0.15) is 0 Å². The summed E-state index contributed by atoms with van der Waals surface area (Å²) in [5, 5.41) is 10.4. The number of piperidine rings is 1. The number of likely N-dealkylation sites (tertiary alicyclic amines) is 1. The molecular formula is C28H39N5O2. The number of hydrogen-bond donors (Lipinski definition) is 1. The Labute approximate surface area is 208 Å². The molecule has 35 heavy (non-hydrogen) atoms. The van der Waals surface area contributed by atoms with Gasteiger partial charge in [-0.15, -0.1) is 0 Å². The van der Waals surface area contributed by atoms with Gasteiger partial charge in [0.25, 0.3) is 0 Å². The molecule has 2 aromatic heterocycles. The van der Waals surface area contributed by atoms with Gasteiger partial charge in [0.1, 0.15) is 23.9 Å². The molecule has 1 fully saturated rings. The van der Waals surface area contributed by atoms with Crippen molar-refractivity contribution in [3.8, 4) is 28.7 Å². The number of benzene rings is 1. The molecule has 0 aliphatic carbocycles. The molecule has 4 heterocycles. The van der Waals surface area contributed by atoms with Crippen molar-refractivity contribution in [1.82, 2.24) is 24.0 Å². The average molecular weight is 478 g/mol. The molecule has 1 atom stereocenters. The summed E-state index contributed by atoms with van der Waals surface area (Å²) in [5.41, 5.74) is 3.62. The van der Waals surface area contributed by atoms with E-state index in [2.05, 4.69) is 65.4 Å². The average Bonchev–Trinajstić information content (AvgIpc) is 3.38. The largest absolute Gasteiger partial charge is 0.491 e. The van der Waals surface area contributed by atoms with E-state index in [9.17, 15) is 5.11 Å². The summed E-state index contributed by atoms with van der Waals surface area (Å²) >= 11 is 0. The molecule has 1 unspecified atom stereocenters. The van der Waals surface area contributed by atoms with E-state index >= 15 is 0 Å². The van der Waals surface area contributed by atoms with Crippen LogP contribution in [0.2, 0.25) is 0 Å². The van der Waals surface area contributed by atoms with Crippen molar-refractivity contribution < 1.29 is 9.84 Å². The van der Waals surface area contributed by atoms with Crippen LogP contribution >= 0.6 is 0 Å². The van der Waals surface area contributed by atoms with Gasteiger partial charge in [0.15, 0.2) is 5.82 Å². The van der Waals surface area contributed by atoms with Gasteiger partial charge in [-0.05, 0) is 91.1 Å². The number of imidazole rings is 2. The number of hydrogen-bond acceptors (Lipinski definition) is 5. The zero-order valence-corrected chi connectivity index (χ0v) is 22.0. The number of rotatable bonds is 5.